The zero-order chi connectivity index (χ0) is 21.2. The first kappa shape index (κ1) is 21.0. The molecule has 1 aromatic heterocycles. The Morgan fingerprint density at radius 3 is 2.31 bits per heavy atom. The van der Waals surface area contributed by atoms with Gasteiger partial charge in [0, 0.05) is 43.1 Å². The van der Waals surface area contributed by atoms with Gasteiger partial charge >= 0.3 is 5.97 Å². The quantitative estimate of drug-likeness (QED) is 0.558. The highest BCUT2D eigenvalue weighted by molar-refractivity contribution is 7.89. The van der Waals surface area contributed by atoms with Crippen LogP contribution in [0.15, 0.2) is 29.3 Å². The van der Waals surface area contributed by atoms with Gasteiger partial charge in [-0.3, -0.25) is 9.89 Å². The van der Waals surface area contributed by atoms with Gasteiger partial charge in [-0.05, 0) is 45.0 Å². The molecule has 3 rings (SSSR count). The van der Waals surface area contributed by atoms with Gasteiger partial charge in [-0.15, -0.1) is 0 Å². The van der Waals surface area contributed by atoms with Crippen LogP contribution in [-0.2, 0) is 14.8 Å². The van der Waals surface area contributed by atoms with Crippen LogP contribution >= 0.6 is 0 Å². The van der Waals surface area contributed by atoms with Gasteiger partial charge in [0.25, 0.3) is 10.0 Å². The fraction of sp³-hybridized carbons (Fsp3) is 0.421. The third-order valence-electron chi connectivity index (χ3n) is 4.86. The maximum absolute atomic E-state index is 13.1. The number of rotatable bonds is 6. The van der Waals surface area contributed by atoms with E-state index >= 15 is 0 Å². The smallest absolute Gasteiger partial charge is 0.343 e. The normalized spacial score (nSPS) is 15.3. The number of ketones is 1. The molecule has 9 nitrogen and oxygen atoms in total. The summed E-state index contributed by atoms with van der Waals surface area (Å²) in [5, 5.41) is 6.15. The number of ether oxygens (including phenoxy) is 1. The summed E-state index contributed by atoms with van der Waals surface area (Å²) in [6, 6.07) is 7.24. The molecule has 1 aliphatic heterocycles. The molecule has 0 bridgehead atoms. The number of carbonyl (C=O) groups is 2. The monoisotopic (exact) mass is 420 g/mol. The number of aromatic nitrogens is 2. The summed E-state index contributed by atoms with van der Waals surface area (Å²) in [7, 11) is -3.94. The van der Waals surface area contributed by atoms with Crippen molar-refractivity contribution in [2.24, 2.45) is 0 Å². The Kier molecular flexibility index (Phi) is 6.04. The highest BCUT2D eigenvalue weighted by Gasteiger charge is 2.35. The fourth-order valence-corrected chi connectivity index (χ4v) is 4.80. The minimum absolute atomic E-state index is 0.000775. The summed E-state index contributed by atoms with van der Waals surface area (Å²) in [5.41, 5.74) is 1.87. The van der Waals surface area contributed by atoms with Crippen LogP contribution in [0, 0.1) is 6.92 Å². The fourth-order valence-electron chi connectivity index (χ4n) is 3.25. The minimum atomic E-state index is -3.94. The van der Waals surface area contributed by atoms with Crippen molar-refractivity contribution in [3.63, 3.8) is 0 Å². The number of aryl methyl sites for hydroxylation is 1. The van der Waals surface area contributed by atoms with Crippen LogP contribution < -0.4 is 4.90 Å². The molecule has 10 heteroatoms. The van der Waals surface area contributed by atoms with Crippen molar-refractivity contribution >= 4 is 27.5 Å². The molecule has 0 atom stereocenters. The molecule has 0 spiro atoms. The lowest BCUT2D eigenvalue weighted by atomic mass is 10.1. The average molecular weight is 420 g/mol. The van der Waals surface area contributed by atoms with E-state index in [1.165, 1.54) is 11.2 Å². The van der Waals surface area contributed by atoms with Crippen LogP contribution in [-0.4, -0.2) is 67.5 Å². The van der Waals surface area contributed by atoms with Crippen LogP contribution in [0.2, 0.25) is 0 Å². The Balaban J connectivity index is 1.75. The number of Topliss-reactive ketones (excluding diaryl/α,β-unsaturated/α-hetero) is 1. The van der Waals surface area contributed by atoms with Crippen LogP contribution in [0.3, 0.4) is 0 Å². The summed E-state index contributed by atoms with van der Waals surface area (Å²) < 4.78 is 32.4. The van der Waals surface area contributed by atoms with Crippen molar-refractivity contribution < 1.29 is 22.7 Å². The van der Waals surface area contributed by atoms with E-state index in [-0.39, 0.29) is 36.1 Å². The molecule has 156 valence electrons. The number of nitrogens with zero attached hydrogens (tertiary/aromatic N) is 3. The SMILES string of the molecule is CCOC(=O)c1c(S(=O)(=O)N2CCN(c3ccc(C(C)=O)cc3)CC2)n[nH]c1C. The van der Waals surface area contributed by atoms with E-state index in [1.807, 2.05) is 12.1 Å². The van der Waals surface area contributed by atoms with E-state index in [9.17, 15) is 18.0 Å². The van der Waals surface area contributed by atoms with E-state index in [2.05, 4.69) is 15.1 Å². The van der Waals surface area contributed by atoms with Crippen molar-refractivity contribution in [1.29, 1.82) is 0 Å². The Morgan fingerprint density at radius 2 is 1.76 bits per heavy atom. The summed E-state index contributed by atoms with van der Waals surface area (Å²) >= 11 is 0. The van der Waals surface area contributed by atoms with Crippen LogP contribution in [0.1, 0.15) is 40.3 Å². The molecule has 0 amide bonds. The molecular weight excluding hydrogens is 396 g/mol. The predicted molar refractivity (Wildman–Crippen MR) is 107 cm³/mol. The second-order valence-corrected chi connectivity index (χ2v) is 8.60. The number of anilines is 1. The number of benzene rings is 1. The lowest BCUT2D eigenvalue weighted by Crippen LogP contribution is -2.49. The number of nitrogens with one attached hydrogen (secondary N) is 1. The van der Waals surface area contributed by atoms with E-state index < -0.39 is 16.0 Å². The molecule has 0 aliphatic carbocycles. The zero-order valence-electron chi connectivity index (χ0n) is 16.6. The van der Waals surface area contributed by atoms with Crippen molar-refractivity contribution in [2.75, 3.05) is 37.7 Å². The number of sulfonamides is 1. The van der Waals surface area contributed by atoms with Crippen LogP contribution in [0.5, 0.6) is 0 Å². The Labute approximate surface area is 169 Å². The molecular formula is C19H24N4O5S. The van der Waals surface area contributed by atoms with Gasteiger partial charge in [0.05, 0.1) is 6.61 Å². The topological polar surface area (TPSA) is 113 Å². The Morgan fingerprint density at radius 1 is 1.14 bits per heavy atom. The molecule has 29 heavy (non-hydrogen) atoms. The minimum Gasteiger partial charge on any atom is -0.462 e. The molecule has 1 N–H and O–H groups in total. The predicted octanol–water partition coefficient (Wildman–Crippen LogP) is 1.61. The van der Waals surface area contributed by atoms with Gasteiger partial charge in [-0.1, -0.05) is 0 Å². The van der Waals surface area contributed by atoms with Gasteiger partial charge in [0.1, 0.15) is 5.56 Å². The van der Waals surface area contributed by atoms with Crippen molar-refractivity contribution in [1.82, 2.24) is 14.5 Å². The van der Waals surface area contributed by atoms with Crippen LogP contribution in [0.4, 0.5) is 5.69 Å². The summed E-state index contributed by atoms with van der Waals surface area (Å²) in [6.45, 7) is 6.37. The number of aromatic amines is 1. The molecule has 1 fully saturated rings. The molecule has 2 aromatic rings. The molecule has 0 unspecified atom stereocenters. The molecule has 1 saturated heterocycles. The van der Waals surface area contributed by atoms with E-state index in [0.29, 0.717) is 24.3 Å². The van der Waals surface area contributed by atoms with Crippen molar-refractivity contribution in [2.45, 2.75) is 25.8 Å². The molecule has 2 heterocycles. The lowest BCUT2D eigenvalue weighted by molar-refractivity contribution is 0.0520. The highest BCUT2D eigenvalue weighted by atomic mass is 32.2. The standard InChI is InChI=1S/C19H24N4O5S/c1-4-28-19(25)17-13(2)20-21-18(17)29(26,27)23-11-9-22(10-12-23)16-7-5-15(6-8-16)14(3)24/h5-8H,4,9-12H2,1-3H3,(H,20,21). The number of esters is 1. The van der Waals surface area contributed by atoms with Crippen molar-refractivity contribution in [3.8, 4) is 0 Å². The van der Waals surface area contributed by atoms with Gasteiger partial charge in [0.2, 0.25) is 5.03 Å². The summed E-state index contributed by atoms with van der Waals surface area (Å²) in [4.78, 5) is 25.7. The maximum Gasteiger partial charge on any atom is 0.343 e. The van der Waals surface area contributed by atoms with Crippen molar-refractivity contribution in [3.05, 3.63) is 41.1 Å². The number of carbonyl (C=O) groups excluding carboxylic acids is 2. The maximum atomic E-state index is 13.1. The second-order valence-electron chi connectivity index (χ2n) is 6.74. The third-order valence-corrected chi connectivity index (χ3v) is 6.68. The zero-order valence-corrected chi connectivity index (χ0v) is 17.5. The number of hydrogen-bond acceptors (Lipinski definition) is 7. The number of piperazine rings is 1. The van der Waals surface area contributed by atoms with Gasteiger partial charge in [-0.2, -0.15) is 9.40 Å². The first-order valence-electron chi connectivity index (χ1n) is 9.34. The first-order chi connectivity index (χ1) is 13.8. The first-order valence-corrected chi connectivity index (χ1v) is 10.8. The number of H-pyrrole nitrogens is 1. The second kappa shape index (κ2) is 8.34. The Hall–Kier alpha value is -2.72. The summed E-state index contributed by atoms with van der Waals surface area (Å²) in [6.07, 6.45) is 0. The van der Waals surface area contributed by atoms with Gasteiger partial charge in [-0.25, -0.2) is 13.2 Å². The Bertz CT molecular complexity index is 1010. The van der Waals surface area contributed by atoms with Gasteiger partial charge in [0.15, 0.2) is 5.78 Å². The average Bonchev–Trinajstić information content (AvgIpc) is 3.11. The molecule has 0 radical (unpaired) electrons. The largest absolute Gasteiger partial charge is 0.462 e. The lowest BCUT2D eigenvalue weighted by Gasteiger charge is -2.35. The molecule has 1 aromatic carbocycles. The molecule has 0 saturated carbocycles. The van der Waals surface area contributed by atoms with E-state index in [1.54, 1.807) is 26.0 Å². The highest BCUT2D eigenvalue weighted by Crippen LogP contribution is 2.24. The van der Waals surface area contributed by atoms with Gasteiger partial charge < -0.3 is 9.64 Å². The third kappa shape index (κ3) is 4.18. The van der Waals surface area contributed by atoms with Crippen LogP contribution in [0.25, 0.3) is 0 Å². The van der Waals surface area contributed by atoms with E-state index in [4.69, 9.17) is 4.74 Å². The summed E-state index contributed by atoms with van der Waals surface area (Å²) in [5.74, 6) is -0.708. The molecule has 1 aliphatic rings. The number of hydrogen-bond donors (Lipinski definition) is 1. The van der Waals surface area contributed by atoms with E-state index in [0.717, 1.165) is 5.69 Å².